The zero-order valence-electron chi connectivity index (χ0n) is 17.7. The van der Waals surface area contributed by atoms with Crippen LogP contribution in [0.4, 0.5) is 0 Å². The average molecular weight is 466 g/mol. The van der Waals surface area contributed by atoms with Gasteiger partial charge in [-0.1, -0.05) is 6.07 Å². The minimum absolute atomic E-state index is 0.140. The average Bonchev–Trinajstić information content (AvgIpc) is 3.42. The molecular weight excluding hydrogens is 448 g/mol. The van der Waals surface area contributed by atoms with Crippen LogP contribution in [0.3, 0.4) is 0 Å². The van der Waals surface area contributed by atoms with Gasteiger partial charge < -0.3 is 14.3 Å². The van der Waals surface area contributed by atoms with Crippen molar-refractivity contribution < 1.29 is 18.8 Å². The number of nitriles is 1. The number of aliphatic hydroxyl groups is 1. The Balaban J connectivity index is 1.97. The first-order valence-electron chi connectivity index (χ1n) is 10.1. The molecule has 2 aromatic heterocycles. The summed E-state index contributed by atoms with van der Waals surface area (Å²) in [6.45, 7) is -0.0809. The summed E-state index contributed by atoms with van der Waals surface area (Å²) in [6.07, 6.45) is -0.642. The molecule has 1 atom stereocenters. The molecule has 0 bridgehead atoms. The number of benzene rings is 1. The summed E-state index contributed by atoms with van der Waals surface area (Å²) in [5.74, 6) is 0.549. The predicted molar refractivity (Wildman–Crippen MR) is 119 cm³/mol. The molecular formula is C23H18ClN4O5+. The Labute approximate surface area is 192 Å². The quantitative estimate of drug-likeness (QED) is 0.583. The molecule has 9 nitrogen and oxygen atoms in total. The van der Waals surface area contributed by atoms with E-state index < -0.39 is 17.4 Å². The number of hydrogen-bond acceptors (Lipinski definition) is 6. The SMILES string of the molecule is Cn1c2c(c(=O)n(C)c1=O)C(c1cccc(C#N)c1)=[N+]1C[C@H](CO)OC(c3ccc(Cl)o3)=C21. The number of ether oxygens (including phenoxy) is 1. The van der Waals surface area contributed by atoms with Gasteiger partial charge in [-0.25, -0.2) is 4.79 Å². The number of aliphatic hydroxyl groups excluding tert-OH is 1. The Morgan fingerprint density at radius 1 is 1.24 bits per heavy atom. The van der Waals surface area contributed by atoms with Crippen LogP contribution in [0.2, 0.25) is 5.22 Å². The summed E-state index contributed by atoms with van der Waals surface area (Å²) in [5, 5.41) is 19.5. The van der Waals surface area contributed by atoms with Crippen molar-refractivity contribution in [2.75, 3.05) is 13.2 Å². The fraction of sp³-hybridized carbons (Fsp3) is 0.217. The topological polar surface area (TPSA) is 113 Å². The highest BCUT2D eigenvalue weighted by Gasteiger charge is 2.48. The van der Waals surface area contributed by atoms with E-state index >= 15 is 0 Å². The van der Waals surface area contributed by atoms with Gasteiger partial charge in [0.1, 0.15) is 11.3 Å². The lowest BCUT2D eigenvalue weighted by molar-refractivity contribution is -0.449. The van der Waals surface area contributed by atoms with Gasteiger partial charge >= 0.3 is 5.69 Å². The van der Waals surface area contributed by atoms with Crippen LogP contribution in [0, 0.1) is 11.3 Å². The fourth-order valence-corrected chi connectivity index (χ4v) is 4.47. The standard InChI is InChI=1S/C23H18ClN4O5/c1-26-19-17(22(30)27(2)23(26)31)18(13-5-3-4-12(8-13)9-25)28-10-14(11-29)32-21(20(19)28)15-6-7-16(24)33-15/h3-8,14,29H,10-11H2,1-2H3/q+1/t14-/m1/s1. The summed E-state index contributed by atoms with van der Waals surface area (Å²) in [5.41, 5.74) is 1.69. The molecule has 0 aliphatic carbocycles. The van der Waals surface area contributed by atoms with Crippen molar-refractivity contribution in [3.05, 3.63) is 90.6 Å². The van der Waals surface area contributed by atoms with Gasteiger partial charge in [-0.3, -0.25) is 13.9 Å². The maximum absolute atomic E-state index is 13.4. The molecule has 0 saturated carbocycles. The molecule has 33 heavy (non-hydrogen) atoms. The molecule has 0 amide bonds. The molecule has 0 unspecified atom stereocenters. The molecule has 4 heterocycles. The smallest absolute Gasteiger partial charge is 0.331 e. The molecule has 1 N–H and O–H groups in total. The van der Waals surface area contributed by atoms with E-state index in [0.717, 1.165) is 4.57 Å². The summed E-state index contributed by atoms with van der Waals surface area (Å²) in [4.78, 5) is 26.2. The van der Waals surface area contributed by atoms with Gasteiger partial charge in [0.25, 0.3) is 11.3 Å². The van der Waals surface area contributed by atoms with Gasteiger partial charge in [-0.15, -0.1) is 0 Å². The van der Waals surface area contributed by atoms with Crippen LogP contribution in [0.15, 0.2) is 50.4 Å². The lowest BCUT2D eigenvalue weighted by Gasteiger charge is -2.23. The van der Waals surface area contributed by atoms with Crippen molar-refractivity contribution in [2.45, 2.75) is 6.10 Å². The van der Waals surface area contributed by atoms with Crippen molar-refractivity contribution in [3.63, 3.8) is 0 Å². The number of hydrogen-bond donors (Lipinski definition) is 1. The minimum atomic E-state index is -0.642. The van der Waals surface area contributed by atoms with Gasteiger partial charge in [-0.05, 0) is 41.9 Å². The van der Waals surface area contributed by atoms with Gasteiger partial charge in [0, 0.05) is 19.7 Å². The van der Waals surface area contributed by atoms with Crippen molar-refractivity contribution >= 4 is 28.8 Å². The second-order valence-electron chi connectivity index (χ2n) is 7.79. The number of nitrogens with zero attached hydrogens (tertiary/aromatic N) is 4. The third kappa shape index (κ3) is 3.07. The highest BCUT2D eigenvalue weighted by molar-refractivity contribution is 6.29. The van der Waals surface area contributed by atoms with Crippen molar-refractivity contribution in [1.82, 2.24) is 9.13 Å². The Morgan fingerprint density at radius 2 is 2.03 bits per heavy atom. The van der Waals surface area contributed by atoms with E-state index in [0.29, 0.717) is 39.6 Å². The van der Waals surface area contributed by atoms with E-state index in [1.807, 2.05) is 4.58 Å². The van der Waals surface area contributed by atoms with Crippen LogP contribution in [0.1, 0.15) is 28.1 Å². The molecule has 5 rings (SSSR count). The number of furan rings is 1. The Bertz CT molecular complexity index is 1550. The van der Waals surface area contributed by atoms with E-state index in [1.165, 1.54) is 11.6 Å². The Hall–Kier alpha value is -3.87. The molecule has 0 radical (unpaired) electrons. The second kappa shape index (κ2) is 7.62. The molecule has 10 heteroatoms. The fourth-order valence-electron chi connectivity index (χ4n) is 4.33. The van der Waals surface area contributed by atoms with Crippen LogP contribution in [0.5, 0.6) is 0 Å². The molecule has 0 spiro atoms. The van der Waals surface area contributed by atoms with Crippen molar-refractivity contribution in [2.24, 2.45) is 14.1 Å². The first-order valence-corrected chi connectivity index (χ1v) is 10.5. The number of rotatable bonds is 3. The van der Waals surface area contributed by atoms with Crippen LogP contribution in [0.25, 0.3) is 11.5 Å². The molecule has 3 aromatic rings. The molecule has 2 aliphatic heterocycles. The van der Waals surface area contributed by atoms with E-state index in [-0.39, 0.29) is 24.1 Å². The third-order valence-electron chi connectivity index (χ3n) is 5.82. The second-order valence-corrected chi connectivity index (χ2v) is 8.16. The summed E-state index contributed by atoms with van der Waals surface area (Å²) >= 11 is 6.00. The Kier molecular flexibility index (Phi) is 4.85. The van der Waals surface area contributed by atoms with Crippen molar-refractivity contribution in [1.29, 1.82) is 5.26 Å². The summed E-state index contributed by atoms with van der Waals surface area (Å²) < 4.78 is 15.9. The lowest BCUT2D eigenvalue weighted by Crippen LogP contribution is -2.41. The van der Waals surface area contributed by atoms with E-state index in [1.54, 1.807) is 43.4 Å². The van der Waals surface area contributed by atoms with E-state index in [9.17, 15) is 20.0 Å². The van der Waals surface area contributed by atoms with Gasteiger partial charge in [0.2, 0.25) is 11.5 Å². The summed E-state index contributed by atoms with van der Waals surface area (Å²) in [6, 6.07) is 12.2. The largest absolute Gasteiger partial charge is 0.472 e. The van der Waals surface area contributed by atoms with Gasteiger partial charge in [-0.2, -0.15) is 9.84 Å². The number of halogens is 1. The normalized spacial score (nSPS) is 17.0. The van der Waals surface area contributed by atoms with E-state index in [4.69, 9.17) is 20.8 Å². The summed E-state index contributed by atoms with van der Waals surface area (Å²) in [7, 11) is 2.99. The monoisotopic (exact) mass is 465 g/mol. The zero-order chi connectivity index (χ0) is 23.4. The molecule has 0 saturated heterocycles. The molecule has 0 fully saturated rings. The van der Waals surface area contributed by atoms with Crippen LogP contribution < -0.4 is 11.2 Å². The Morgan fingerprint density at radius 3 is 2.70 bits per heavy atom. The first-order chi connectivity index (χ1) is 15.8. The van der Waals surface area contributed by atoms with Gasteiger partial charge in [0.05, 0.1) is 18.2 Å². The maximum Gasteiger partial charge on any atom is 0.331 e. The van der Waals surface area contributed by atoms with Crippen molar-refractivity contribution in [3.8, 4) is 6.07 Å². The van der Waals surface area contributed by atoms with Crippen LogP contribution in [-0.4, -0.2) is 43.8 Å². The zero-order valence-corrected chi connectivity index (χ0v) is 18.5. The molecule has 166 valence electrons. The molecule has 1 aromatic carbocycles. The highest BCUT2D eigenvalue weighted by atomic mass is 35.5. The molecule has 2 aliphatic rings. The first kappa shape index (κ1) is 21.0. The van der Waals surface area contributed by atoms with E-state index in [2.05, 4.69) is 6.07 Å². The van der Waals surface area contributed by atoms with Gasteiger partial charge in [0.15, 0.2) is 23.6 Å². The van der Waals surface area contributed by atoms with Crippen LogP contribution >= 0.6 is 11.6 Å². The highest BCUT2D eigenvalue weighted by Crippen LogP contribution is 2.39. The predicted octanol–water partition coefficient (Wildman–Crippen LogP) is 1.28. The minimum Gasteiger partial charge on any atom is -0.472 e. The number of aromatic nitrogens is 2. The maximum atomic E-state index is 13.4. The number of fused-ring (bicyclic) bond motifs is 3. The third-order valence-corrected chi connectivity index (χ3v) is 6.02. The van der Waals surface area contributed by atoms with Crippen LogP contribution in [-0.2, 0) is 18.8 Å². The lowest BCUT2D eigenvalue weighted by atomic mass is 10.0.